The number of pyridine rings is 1. The molecule has 152 valence electrons. The fraction of sp³-hybridized carbons (Fsp3) is 0.292. The lowest BCUT2D eigenvalue weighted by atomic mass is 9.94. The molecule has 5 heteroatoms. The Labute approximate surface area is 173 Å². The predicted molar refractivity (Wildman–Crippen MR) is 120 cm³/mol. The molecule has 1 heterocycles. The fourth-order valence-corrected chi connectivity index (χ4v) is 3.07. The summed E-state index contributed by atoms with van der Waals surface area (Å²) in [5.41, 5.74) is 3.35. The summed E-state index contributed by atoms with van der Waals surface area (Å²) in [6.07, 6.45) is 15.4. The van der Waals surface area contributed by atoms with Crippen molar-refractivity contribution in [2.45, 2.75) is 33.1 Å². The summed E-state index contributed by atoms with van der Waals surface area (Å²) < 4.78 is 0.122. The zero-order valence-corrected chi connectivity index (χ0v) is 17.6. The van der Waals surface area contributed by atoms with E-state index in [9.17, 15) is 4.79 Å². The molecule has 2 amide bonds. The van der Waals surface area contributed by atoms with Crippen LogP contribution in [0.4, 0.5) is 4.79 Å². The molecule has 2 rings (SSSR count). The molecule has 2 N–H and O–H groups in total. The molecule has 0 bridgehead atoms. The van der Waals surface area contributed by atoms with E-state index in [0.717, 1.165) is 36.1 Å². The predicted octanol–water partition coefficient (Wildman–Crippen LogP) is 5.37. The molecule has 0 aromatic carbocycles. The number of carbonyl (C=O) groups excluding carboxylic acids is 1. The Hall–Kier alpha value is -3.05. The SMILES string of the molecule is C=C/C=C\[N+](C)(CCCC)C(=O)NC1=C/C(=C/CC)C(=N)C=C1c1ccccn1. The zero-order valence-electron chi connectivity index (χ0n) is 17.6. The molecule has 1 unspecified atom stereocenters. The number of rotatable bonds is 8. The summed E-state index contributed by atoms with van der Waals surface area (Å²) in [6, 6.07) is 5.50. The van der Waals surface area contributed by atoms with Crippen molar-refractivity contribution in [3.8, 4) is 0 Å². The smallest absolute Gasteiger partial charge is 0.300 e. The summed E-state index contributed by atoms with van der Waals surface area (Å²) in [4.78, 5) is 17.7. The van der Waals surface area contributed by atoms with Crippen molar-refractivity contribution in [1.82, 2.24) is 10.3 Å². The van der Waals surface area contributed by atoms with Crippen molar-refractivity contribution < 1.29 is 9.28 Å². The highest BCUT2D eigenvalue weighted by Gasteiger charge is 2.31. The molecule has 0 saturated heterocycles. The van der Waals surface area contributed by atoms with Gasteiger partial charge in [0, 0.05) is 11.8 Å². The normalized spacial score (nSPS) is 17.6. The molecule has 0 aliphatic heterocycles. The minimum atomic E-state index is -0.131. The summed E-state index contributed by atoms with van der Waals surface area (Å²) >= 11 is 0. The van der Waals surface area contributed by atoms with Crippen LogP contribution < -0.4 is 5.32 Å². The molecule has 1 aliphatic carbocycles. The monoisotopic (exact) mass is 391 g/mol. The number of unbranched alkanes of at least 4 members (excludes halogenated alkanes) is 1. The summed E-state index contributed by atoms with van der Waals surface area (Å²) in [7, 11) is 1.89. The van der Waals surface area contributed by atoms with Crippen LogP contribution in [0.5, 0.6) is 0 Å². The Morgan fingerprint density at radius 2 is 2.10 bits per heavy atom. The number of hydrogen-bond acceptors (Lipinski definition) is 3. The average molecular weight is 392 g/mol. The number of allylic oxidation sites excluding steroid dienone is 7. The van der Waals surface area contributed by atoms with E-state index in [1.165, 1.54) is 0 Å². The second kappa shape index (κ2) is 10.5. The van der Waals surface area contributed by atoms with Crippen molar-refractivity contribution in [2.24, 2.45) is 0 Å². The van der Waals surface area contributed by atoms with Crippen LogP contribution >= 0.6 is 0 Å². The third-order valence-corrected chi connectivity index (χ3v) is 4.79. The van der Waals surface area contributed by atoms with Gasteiger partial charge in [-0.15, -0.1) is 0 Å². The van der Waals surface area contributed by atoms with E-state index in [1.807, 2.05) is 50.5 Å². The third kappa shape index (κ3) is 5.72. The molecule has 0 spiro atoms. The van der Waals surface area contributed by atoms with Gasteiger partial charge >= 0.3 is 6.03 Å². The van der Waals surface area contributed by atoms with Crippen molar-refractivity contribution in [3.63, 3.8) is 0 Å². The van der Waals surface area contributed by atoms with Crippen LogP contribution in [-0.2, 0) is 0 Å². The molecular formula is C24H31N4O+. The molecule has 0 saturated carbocycles. The number of nitrogens with zero attached hydrogens (tertiary/aromatic N) is 2. The first-order valence-corrected chi connectivity index (χ1v) is 10.1. The molecule has 0 radical (unpaired) electrons. The lowest BCUT2D eigenvalue weighted by Crippen LogP contribution is -2.51. The molecule has 5 nitrogen and oxygen atoms in total. The topological polar surface area (TPSA) is 65.8 Å². The van der Waals surface area contributed by atoms with E-state index in [4.69, 9.17) is 5.41 Å². The maximum absolute atomic E-state index is 13.3. The lowest BCUT2D eigenvalue weighted by Gasteiger charge is -2.29. The first kappa shape index (κ1) is 22.2. The molecule has 1 atom stereocenters. The van der Waals surface area contributed by atoms with Crippen LogP contribution in [-0.4, -0.2) is 34.8 Å². The van der Waals surface area contributed by atoms with Gasteiger partial charge in [-0.1, -0.05) is 45.1 Å². The van der Waals surface area contributed by atoms with Gasteiger partial charge in [0.2, 0.25) is 0 Å². The van der Waals surface area contributed by atoms with Gasteiger partial charge in [0.1, 0.15) is 6.20 Å². The summed E-state index contributed by atoms with van der Waals surface area (Å²) in [6.45, 7) is 8.55. The van der Waals surface area contributed by atoms with E-state index in [-0.39, 0.29) is 10.5 Å². The third-order valence-electron chi connectivity index (χ3n) is 4.79. The molecule has 29 heavy (non-hydrogen) atoms. The first-order valence-electron chi connectivity index (χ1n) is 10.1. The molecular weight excluding hydrogens is 360 g/mol. The maximum atomic E-state index is 13.3. The second-order valence-electron chi connectivity index (χ2n) is 7.16. The number of carbonyl (C=O) groups is 1. The molecule has 1 aliphatic rings. The van der Waals surface area contributed by atoms with Crippen LogP contribution in [0.2, 0.25) is 0 Å². The largest absolute Gasteiger partial charge is 0.425 e. The number of aromatic nitrogens is 1. The van der Waals surface area contributed by atoms with Crippen molar-refractivity contribution in [3.05, 3.63) is 84.5 Å². The van der Waals surface area contributed by atoms with E-state index < -0.39 is 0 Å². The van der Waals surface area contributed by atoms with Gasteiger partial charge in [-0.2, -0.15) is 0 Å². The van der Waals surface area contributed by atoms with Gasteiger partial charge in [0.05, 0.1) is 30.7 Å². The van der Waals surface area contributed by atoms with Crippen LogP contribution in [0.15, 0.2) is 78.8 Å². The van der Waals surface area contributed by atoms with Crippen LogP contribution in [0.3, 0.4) is 0 Å². The number of nitrogens with one attached hydrogen (secondary N) is 2. The molecule has 1 aromatic heterocycles. The van der Waals surface area contributed by atoms with E-state index in [2.05, 4.69) is 23.8 Å². The van der Waals surface area contributed by atoms with Crippen LogP contribution in [0, 0.1) is 5.41 Å². The highest BCUT2D eigenvalue weighted by atomic mass is 16.2. The number of urea groups is 1. The average Bonchev–Trinajstić information content (AvgIpc) is 2.73. The minimum absolute atomic E-state index is 0.122. The van der Waals surface area contributed by atoms with Gasteiger partial charge in [0.25, 0.3) is 0 Å². The van der Waals surface area contributed by atoms with Crippen molar-refractivity contribution in [2.75, 3.05) is 13.6 Å². The Balaban J connectivity index is 2.42. The Bertz CT molecular complexity index is 877. The molecule has 0 fully saturated rings. The highest BCUT2D eigenvalue weighted by molar-refractivity contribution is 6.16. The summed E-state index contributed by atoms with van der Waals surface area (Å²) in [5, 5.41) is 11.4. The standard InChI is InChI=1S/C24H30N4O/c1-5-8-15-28(4,16-9-6-2)24(29)27-23-17-19(12-7-3)21(25)18-20(23)22-13-10-11-14-26-22/h5,8,10-15,17-18,25H,1,6-7,9,16H2,2-4H3/p+1/b15-8-,19-12-,25-21?. The van der Waals surface area contributed by atoms with Gasteiger partial charge in [-0.25, -0.2) is 9.28 Å². The maximum Gasteiger partial charge on any atom is 0.425 e. The summed E-state index contributed by atoms with van der Waals surface area (Å²) in [5.74, 6) is 0. The van der Waals surface area contributed by atoms with E-state index in [0.29, 0.717) is 18.0 Å². The van der Waals surface area contributed by atoms with Gasteiger partial charge in [-0.05, 0) is 48.8 Å². The number of hydrogen-bond donors (Lipinski definition) is 2. The van der Waals surface area contributed by atoms with Gasteiger partial charge < -0.3 is 5.41 Å². The fourth-order valence-electron chi connectivity index (χ4n) is 3.07. The number of quaternary nitrogens is 1. The quantitative estimate of drug-likeness (QED) is 0.462. The Kier molecular flexibility index (Phi) is 8.04. The van der Waals surface area contributed by atoms with Gasteiger partial charge in [0.15, 0.2) is 0 Å². The molecule has 1 aromatic rings. The minimum Gasteiger partial charge on any atom is -0.300 e. The Morgan fingerprint density at radius 1 is 1.31 bits per heavy atom. The number of amides is 2. The van der Waals surface area contributed by atoms with E-state index in [1.54, 1.807) is 24.4 Å². The van der Waals surface area contributed by atoms with Crippen LogP contribution in [0.25, 0.3) is 5.57 Å². The Morgan fingerprint density at radius 3 is 2.72 bits per heavy atom. The van der Waals surface area contributed by atoms with Crippen LogP contribution in [0.1, 0.15) is 38.8 Å². The van der Waals surface area contributed by atoms with E-state index >= 15 is 0 Å². The van der Waals surface area contributed by atoms with Crippen molar-refractivity contribution >= 4 is 17.3 Å². The lowest BCUT2D eigenvalue weighted by molar-refractivity contribution is -0.776. The zero-order chi connectivity index (χ0) is 21.3. The van der Waals surface area contributed by atoms with Gasteiger partial charge in [-0.3, -0.25) is 10.3 Å². The first-order chi connectivity index (χ1) is 13.9. The second-order valence-corrected chi connectivity index (χ2v) is 7.16. The highest BCUT2D eigenvalue weighted by Crippen LogP contribution is 2.27. The van der Waals surface area contributed by atoms with Crippen molar-refractivity contribution in [1.29, 1.82) is 5.41 Å².